The third-order valence-electron chi connectivity index (χ3n) is 2.25. The predicted octanol–water partition coefficient (Wildman–Crippen LogP) is 9.02. The van der Waals surface area contributed by atoms with Gasteiger partial charge in [0.15, 0.2) is 0 Å². The molecule has 0 heterocycles. The average molecular weight is 315 g/mol. The summed E-state index contributed by atoms with van der Waals surface area (Å²) in [6.45, 7) is 16.7. The van der Waals surface area contributed by atoms with Crippen LogP contribution < -0.4 is 0 Å². The Labute approximate surface area is 146 Å². The van der Waals surface area contributed by atoms with Crippen molar-refractivity contribution in [2.45, 2.75) is 91.5 Å². The van der Waals surface area contributed by atoms with Crippen molar-refractivity contribution in [2.75, 3.05) is 0 Å². The molecule has 0 spiro atoms. The maximum atomic E-state index is 3.63. The van der Waals surface area contributed by atoms with Crippen molar-refractivity contribution in [2.24, 2.45) is 5.41 Å². The fraction of sp³-hybridized carbons (Fsp3) is 0.636. The van der Waals surface area contributed by atoms with Crippen LogP contribution in [0, 0.1) is 5.41 Å². The van der Waals surface area contributed by atoms with E-state index >= 15 is 0 Å². The monoisotopic (exact) mass is 314 g/mol. The van der Waals surface area contributed by atoms with E-state index in [9.17, 15) is 0 Å². The van der Waals surface area contributed by atoms with Gasteiger partial charge in [0.25, 0.3) is 0 Å². The van der Waals surface area contributed by atoms with E-state index < -0.39 is 0 Å². The Balaban J connectivity index is -0.0000000344. The highest BCUT2D eigenvalue weighted by Gasteiger charge is 2.11. The van der Waals surface area contributed by atoms with Crippen molar-refractivity contribution >= 4 is 0 Å². The normalized spacial score (nSPS) is 8.27. The van der Waals surface area contributed by atoms with Crippen LogP contribution in [0.25, 0.3) is 0 Å². The van der Waals surface area contributed by atoms with Gasteiger partial charge in [-0.2, -0.15) is 0 Å². The highest BCUT2D eigenvalue weighted by molar-refractivity contribution is 5.21. The van der Waals surface area contributed by atoms with Crippen LogP contribution in [0.1, 0.15) is 91.7 Å². The molecule has 1 rings (SSSR count). The highest BCUT2D eigenvalue weighted by atomic mass is 14.2. The molecule has 0 heteroatoms. The van der Waals surface area contributed by atoms with Crippen LogP contribution in [0.4, 0.5) is 0 Å². The first kappa shape index (κ1) is 42.8. The molecule has 0 fully saturated rings. The number of hydrogen-bond donors (Lipinski definition) is 0. The smallest absolute Gasteiger partial charge is 0.0132 e. The second-order valence-electron chi connectivity index (χ2n) is 6.19. The van der Waals surface area contributed by atoms with Gasteiger partial charge in [-0.05, 0) is 16.4 Å². The summed E-state index contributed by atoms with van der Waals surface area (Å²) < 4.78 is 0. The second kappa shape index (κ2) is 18.0. The topological polar surface area (TPSA) is 0 Å². The molecule has 0 radical (unpaired) electrons. The maximum Gasteiger partial charge on any atom is -0.0132 e. The van der Waals surface area contributed by atoms with E-state index in [0.717, 1.165) is 0 Å². The number of hydrogen-bond acceptors (Lipinski definition) is 0. The number of rotatable bonds is 0. The van der Waals surface area contributed by atoms with Gasteiger partial charge in [0.2, 0.25) is 0 Å². The molecule has 0 aliphatic heterocycles. The van der Waals surface area contributed by atoms with Crippen LogP contribution in [-0.2, 0) is 5.41 Å². The van der Waals surface area contributed by atoms with Gasteiger partial charge in [0.05, 0.1) is 0 Å². The minimum atomic E-state index is 0. The molecule has 1 aromatic rings. The molecule has 0 unspecified atom stereocenters. The third kappa shape index (κ3) is 24.0. The zero-order chi connectivity index (χ0) is 12.8. The van der Waals surface area contributed by atoms with E-state index in [1.54, 1.807) is 0 Å². The Kier molecular flexibility index (Phi) is 35.1. The fourth-order valence-corrected chi connectivity index (χ4v) is 0.938. The predicted molar refractivity (Wildman–Crippen MR) is 115 cm³/mol. The number of allylic oxidation sites excluding steroid dienone is 1. The molecule has 0 bridgehead atoms. The lowest BCUT2D eigenvalue weighted by atomic mass is 9.87. The molecule has 138 valence electrons. The molecular formula is C22H50. The first-order valence-electron chi connectivity index (χ1n) is 5.86. The van der Waals surface area contributed by atoms with Crippen LogP contribution >= 0.6 is 0 Å². The van der Waals surface area contributed by atoms with Crippen molar-refractivity contribution < 1.29 is 0 Å². The van der Waals surface area contributed by atoms with Gasteiger partial charge >= 0.3 is 0 Å². The Morgan fingerprint density at radius 2 is 0.955 bits per heavy atom. The summed E-state index contributed by atoms with van der Waals surface area (Å²) in [5, 5.41) is 0. The summed E-state index contributed by atoms with van der Waals surface area (Å²) in [5.74, 6) is 0. The van der Waals surface area contributed by atoms with Crippen LogP contribution in [0.2, 0.25) is 0 Å². The average Bonchev–Trinajstić information content (AvgIpc) is 2.18. The lowest BCUT2D eigenvalue weighted by Gasteiger charge is -2.18. The fourth-order valence-electron chi connectivity index (χ4n) is 0.938. The van der Waals surface area contributed by atoms with Gasteiger partial charge in [-0.3, -0.25) is 0 Å². The zero-order valence-corrected chi connectivity index (χ0v) is 11.7. The molecule has 0 saturated carbocycles. The van der Waals surface area contributed by atoms with Crippen LogP contribution in [-0.4, -0.2) is 0 Å². The van der Waals surface area contributed by atoms with Gasteiger partial charge in [-0.25, -0.2) is 0 Å². The van der Waals surface area contributed by atoms with E-state index in [2.05, 4.69) is 78.5 Å². The summed E-state index contributed by atoms with van der Waals surface area (Å²) in [6.07, 6.45) is 1.94. The SMILES string of the molecule is C.C.C.C.C.C.C=CC(C)(C)C.CC(C)(C)c1ccccc1. The molecule has 22 heavy (non-hydrogen) atoms. The summed E-state index contributed by atoms with van der Waals surface area (Å²) >= 11 is 0. The Hall–Kier alpha value is -1.04. The van der Waals surface area contributed by atoms with Gasteiger partial charge in [0, 0.05) is 0 Å². The highest BCUT2D eigenvalue weighted by Crippen LogP contribution is 2.20. The molecule has 0 saturated heterocycles. The molecule has 0 nitrogen and oxygen atoms in total. The van der Waals surface area contributed by atoms with E-state index in [1.165, 1.54) is 5.56 Å². The summed E-state index contributed by atoms with van der Waals surface area (Å²) in [5.41, 5.74) is 2.00. The Morgan fingerprint density at radius 1 is 0.682 bits per heavy atom. The quantitative estimate of drug-likeness (QED) is 0.419. The molecule has 0 aromatic heterocycles. The summed E-state index contributed by atoms with van der Waals surface area (Å²) in [6, 6.07) is 10.6. The van der Waals surface area contributed by atoms with Crippen molar-refractivity contribution in [3.05, 3.63) is 48.6 Å². The Morgan fingerprint density at radius 3 is 1.09 bits per heavy atom. The Bertz CT molecular complexity index is 293. The van der Waals surface area contributed by atoms with Gasteiger partial charge in [-0.15, -0.1) is 6.58 Å². The largest absolute Gasteiger partial charge is 0.103 e. The van der Waals surface area contributed by atoms with Crippen molar-refractivity contribution in [3.8, 4) is 0 Å². The van der Waals surface area contributed by atoms with Crippen molar-refractivity contribution in [1.82, 2.24) is 0 Å². The lowest BCUT2D eigenvalue weighted by molar-refractivity contribution is 0.546. The van der Waals surface area contributed by atoms with Gasteiger partial charge in [-0.1, -0.05) is 123 Å². The van der Waals surface area contributed by atoms with E-state index in [4.69, 9.17) is 0 Å². The van der Waals surface area contributed by atoms with E-state index in [-0.39, 0.29) is 44.6 Å². The molecule has 0 N–H and O–H groups in total. The minimum Gasteiger partial charge on any atom is -0.103 e. The maximum absolute atomic E-state index is 3.63. The van der Waals surface area contributed by atoms with Gasteiger partial charge < -0.3 is 0 Å². The van der Waals surface area contributed by atoms with Gasteiger partial charge in [0.1, 0.15) is 0 Å². The van der Waals surface area contributed by atoms with Crippen LogP contribution in [0.15, 0.2) is 43.0 Å². The van der Waals surface area contributed by atoms with Crippen molar-refractivity contribution in [1.29, 1.82) is 0 Å². The molecule has 0 atom stereocenters. The zero-order valence-electron chi connectivity index (χ0n) is 11.7. The third-order valence-corrected chi connectivity index (χ3v) is 2.25. The molecule has 0 aliphatic rings. The summed E-state index contributed by atoms with van der Waals surface area (Å²) in [7, 11) is 0. The molecular weight excluding hydrogens is 264 g/mol. The molecule has 0 amide bonds. The first-order chi connectivity index (χ1) is 7.17. The standard InChI is InChI=1S/C10H14.C6H12.6CH4/c1-10(2,3)9-7-5-4-6-8-9;1-5-6(2,3)4;;;;;;/h4-8H,1-3H3;5H,1H2,2-4H3;6*1H4. The number of benzene rings is 1. The second-order valence-corrected chi connectivity index (χ2v) is 6.19. The van der Waals surface area contributed by atoms with E-state index in [1.807, 2.05) is 6.08 Å². The summed E-state index contributed by atoms with van der Waals surface area (Å²) in [4.78, 5) is 0. The van der Waals surface area contributed by atoms with Crippen molar-refractivity contribution in [3.63, 3.8) is 0 Å². The molecule has 1 aromatic carbocycles. The lowest BCUT2D eigenvalue weighted by Crippen LogP contribution is -2.10. The minimum absolute atomic E-state index is 0. The van der Waals surface area contributed by atoms with E-state index in [0.29, 0.717) is 10.8 Å². The molecule has 0 aliphatic carbocycles. The first-order valence-corrected chi connectivity index (χ1v) is 5.86. The van der Waals surface area contributed by atoms with Crippen LogP contribution in [0.5, 0.6) is 0 Å². The van der Waals surface area contributed by atoms with Crippen LogP contribution in [0.3, 0.4) is 0 Å².